The van der Waals surface area contributed by atoms with Crippen LogP contribution in [-0.2, 0) is 6.42 Å². The topological polar surface area (TPSA) is 17.1 Å². The SMILES string of the molecule is Cc1cccc(C(=O)Cc2ccc(Br)cc2F)c1. The van der Waals surface area contributed by atoms with Crippen molar-refractivity contribution in [3.63, 3.8) is 0 Å². The summed E-state index contributed by atoms with van der Waals surface area (Å²) in [7, 11) is 0. The molecule has 0 aromatic heterocycles. The van der Waals surface area contributed by atoms with E-state index in [0.29, 0.717) is 15.6 Å². The van der Waals surface area contributed by atoms with E-state index in [-0.39, 0.29) is 18.0 Å². The summed E-state index contributed by atoms with van der Waals surface area (Å²) >= 11 is 3.19. The van der Waals surface area contributed by atoms with Gasteiger partial charge in [0.05, 0.1) is 0 Å². The van der Waals surface area contributed by atoms with Gasteiger partial charge in [-0.05, 0) is 30.7 Å². The standard InChI is InChI=1S/C15H12BrFO/c1-10-3-2-4-12(7-10)15(18)8-11-5-6-13(16)9-14(11)17/h2-7,9H,8H2,1H3. The van der Waals surface area contributed by atoms with Crippen molar-refractivity contribution in [2.24, 2.45) is 0 Å². The van der Waals surface area contributed by atoms with Gasteiger partial charge < -0.3 is 0 Å². The third kappa shape index (κ3) is 3.05. The summed E-state index contributed by atoms with van der Waals surface area (Å²) in [5, 5.41) is 0. The normalized spacial score (nSPS) is 10.4. The molecule has 2 aromatic rings. The lowest BCUT2D eigenvalue weighted by molar-refractivity contribution is 0.0991. The maximum absolute atomic E-state index is 13.6. The molecule has 0 saturated carbocycles. The Hall–Kier alpha value is -1.48. The monoisotopic (exact) mass is 306 g/mol. The zero-order chi connectivity index (χ0) is 13.1. The third-order valence-electron chi connectivity index (χ3n) is 2.71. The predicted molar refractivity (Wildman–Crippen MR) is 73.3 cm³/mol. The molecular weight excluding hydrogens is 295 g/mol. The molecule has 0 saturated heterocycles. The van der Waals surface area contributed by atoms with Gasteiger partial charge >= 0.3 is 0 Å². The number of benzene rings is 2. The zero-order valence-electron chi connectivity index (χ0n) is 9.91. The van der Waals surface area contributed by atoms with Gasteiger partial charge in [0.2, 0.25) is 0 Å². The highest BCUT2D eigenvalue weighted by atomic mass is 79.9. The minimum absolute atomic E-state index is 0.0695. The average Bonchev–Trinajstić information content (AvgIpc) is 2.32. The van der Waals surface area contributed by atoms with E-state index in [1.54, 1.807) is 18.2 Å². The van der Waals surface area contributed by atoms with Gasteiger partial charge in [0.1, 0.15) is 5.82 Å². The first-order chi connectivity index (χ1) is 8.56. The summed E-state index contributed by atoms with van der Waals surface area (Å²) in [6.07, 6.45) is 0.0859. The molecular formula is C15H12BrFO. The molecule has 2 aromatic carbocycles. The van der Waals surface area contributed by atoms with Crippen molar-refractivity contribution in [3.05, 3.63) is 69.4 Å². The molecule has 0 aliphatic carbocycles. The maximum atomic E-state index is 13.6. The van der Waals surface area contributed by atoms with Crippen molar-refractivity contribution in [2.75, 3.05) is 0 Å². The predicted octanol–water partition coefficient (Wildman–Crippen LogP) is 4.32. The van der Waals surface area contributed by atoms with Crippen LogP contribution in [0.2, 0.25) is 0 Å². The van der Waals surface area contributed by atoms with E-state index in [4.69, 9.17) is 0 Å². The molecule has 1 nitrogen and oxygen atoms in total. The summed E-state index contributed by atoms with van der Waals surface area (Å²) in [5.74, 6) is -0.426. The largest absolute Gasteiger partial charge is 0.294 e. The summed E-state index contributed by atoms with van der Waals surface area (Å²) in [6.45, 7) is 1.93. The lowest BCUT2D eigenvalue weighted by Gasteiger charge is -2.04. The number of hydrogen-bond acceptors (Lipinski definition) is 1. The first kappa shape index (κ1) is 13.0. The number of ketones is 1. The Labute approximate surface area is 114 Å². The van der Waals surface area contributed by atoms with E-state index in [0.717, 1.165) is 5.56 Å². The first-order valence-corrected chi connectivity index (χ1v) is 6.39. The summed E-state index contributed by atoms with van der Waals surface area (Å²) in [6, 6.07) is 12.1. The quantitative estimate of drug-likeness (QED) is 0.772. The Balaban J connectivity index is 2.21. The molecule has 0 amide bonds. The van der Waals surface area contributed by atoms with Crippen molar-refractivity contribution in [2.45, 2.75) is 13.3 Å². The minimum atomic E-state index is -0.356. The number of carbonyl (C=O) groups excluding carboxylic acids is 1. The van der Waals surface area contributed by atoms with E-state index in [9.17, 15) is 9.18 Å². The fourth-order valence-electron chi connectivity index (χ4n) is 1.76. The van der Waals surface area contributed by atoms with Gasteiger partial charge in [-0.25, -0.2) is 4.39 Å². The van der Waals surface area contributed by atoms with E-state index >= 15 is 0 Å². The highest BCUT2D eigenvalue weighted by molar-refractivity contribution is 9.10. The maximum Gasteiger partial charge on any atom is 0.167 e. The molecule has 0 heterocycles. The first-order valence-electron chi connectivity index (χ1n) is 5.60. The van der Waals surface area contributed by atoms with Gasteiger partial charge in [0, 0.05) is 16.5 Å². The van der Waals surface area contributed by atoms with Crippen molar-refractivity contribution >= 4 is 21.7 Å². The molecule has 0 bridgehead atoms. The Morgan fingerprint density at radius 3 is 2.67 bits per heavy atom. The number of aryl methyl sites for hydroxylation is 1. The molecule has 0 spiro atoms. The second kappa shape index (κ2) is 5.44. The Morgan fingerprint density at radius 1 is 1.22 bits per heavy atom. The molecule has 0 N–H and O–H groups in total. The van der Waals surface area contributed by atoms with Crippen LogP contribution in [0, 0.1) is 12.7 Å². The summed E-state index contributed by atoms with van der Waals surface area (Å²) < 4.78 is 14.3. The fourth-order valence-corrected chi connectivity index (χ4v) is 2.09. The van der Waals surface area contributed by atoms with E-state index in [1.807, 2.05) is 25.1 Å². The van der Waals surface area contributed by atoms with Crippen molar-refractivity contribution in [1.82, 2.24) is 0 Å². The number of hydrogen-bond donors (Lipinski definition) is 0. The number of carbonyl (C=O) groups is 1. The number of Topliss-reactive ketones (excluding diaryl/α,β-unsaturated/α-hetero) is 1. The molecule has 0 radical (unpaired) electrons. The van der Waals surface area contributed by atoms with Crippen LogP contribution in [0.4, 0.5) is 4.39 Å². The molecule has 0 aliphatic rings. The third-order valence-corrected chi connectivity index (χ3v) is 3.20. The Bertz CT molecular complexity index is 593. The second-order valence-electron chi connectivity index (χ2n) is 4.21. The van der Waals surface area contributed by atoms with E-state index < -0.39 is 0 Å². The molecule has 0 aliphatic heterocycles. The van der Waals surface area contributed by atoms with Gasteiger partial charge in [-0.1, -0.05) is 45.8 Å². The minimum Gasteiger partial charge on any atom is -0.294 e. The van der Waals surface area contributed by atoms with Crippen LogP contribution in [0.5, 0.6) is 0 Å². The van der Waals surface area contributed by atoms with Crippen LogP contribution in [0.3, 0.4) is 0 Å². The highest BCUT2D eigenvalue weighted by Crippen LogP contribution is 2.17. The molecule has 3 heteroatoms. The van der Waals surface area contributed by atoms with Crippen LogP contribution >= 0.6 is 15.9 Å². The highest BCUT2D eigenvalue weighted by Gasteiger charge is 2.10. The van der Waals surface area contributed by atoms with Gasteiger partial charge in [-0.2, -0.15) is 0 Å². The van der Waals surface area contributed by atoms with Crippen LogP contribution in [0.15, 0.2) is 46.9 Å². The van der Waals surface area contributed by atoms with Crippen molar-refractivity contribution < 1.29 is 9.18 Å². The summed E-state index contributed by atoms with van der Waals surface area (Å²) in [5.41, 5.74) is 2.07. The molecule has 18 heavy (non-hydrogen) atoms. The molecule has 92 valence electrons. The van der Waals surface area contributed by atoms with Crippen molar-refractivity contribution in [1.29, 1.82) is 0 Å². The summed E-state index contributed by atoms with van der Waals surface area (Å²) in [4.78, 5) is 12.0. The van der Waals surface area contributed by atoms with Crippen LogP contribution in [-0.4, -0.2) is 5.78 Å². The lowest BCUT2D eigenvalue weighted by Crippen LogP contribution is -2.05. The van der Waals surface area contributed by atoms with Gasteiger partial charge in [0.25, 0.3) is 0 Å². The Kier molecular flexibility index (Phi) is 3.92. The van der Waals surface area contributed by atoms with Gasteiger partial charge in [-0.15, -0.1) is 0 Å². The van der Waals surface area contributed by atoms with Crippen LogP contribution in [0.25, 0.3) is 0 Å². The van der Waals surface area contributed by atoms with Crippen molar-refractivity contribution in [3.8, 4) is 0 Å². The smallest absolute Gasteiger partial charge is 0.167 e. The van der Waals surface area contributed by atoms with E-state index in [1.165, 1.54) is 6.07 Å². The molecule has 0 atom stereocenters. The lowest BCUT2D eigenvalue weighted by atomic mass is 10.0. The molecule has 2 rings (SSSR count). The number of halogens is 2. The Morgan fingerprint density at radius 2 is 2.00 bits per heavy atom. The fraction of sp³-hybridized carbons (Fsp3) is 0.133. The van der Waals surface area contributed by atoms with Gasteiger partial charge in [0.15, 0.2) is 5.78 Å². The van der Waals surface area contributed by atoms with Crippen LogP contribution < -0.4 is 0 Å². The average molecular weight is 307 g/mol. The van der Waals surface area contributed by atoms with E-state index in [2.05, 4.69) is 15.9 Å². The number of rotatable bonds is 3. The second-order valence-corrected chi connectivity index (χ2v) is 5.12. The molecule has 0 unspecified atom stereocenters. The zero-order valence-corrected chi connectivity index (χ0v) is 11.5. The van der Waals surface area contributed by atoms with Gasteiger partial charge in [-0.3, -0.25) is 4.79 Å². The van der Waals surface area contributed by atoms with Crippen LogP contribution in [0.1, 0.15) is 21.5 Å². The molecule has 0 fully saturated rings.